The Kier molecular flexibility index (Phi) is 5.33. The SMILES string of the molecule is CC(=O)N(c1ccccc1Cl)c1onc(-c2ccc(F)c(C)c2)c1-c1ccncc1. The smallest absolute Gasteiger partial charge is 0.247 e. The second-order valence-electron chi connectivity index (χ2n) is 6.72. The van der Waals surface area contributed by atoms with E-state index in [2.05, 4.69) is 10.1 Å². The van der Waals surface area contributed by atoms with Crippen molar-refractivity contribution in [3.63, 3.8) is 0 Å². The number of hydrogen-bond donors (Lipinski definition) is 0. The predicted octanol–water partition coefficient (Wildman–Crippen LogP) is 6.19. The summed E-state index contributed by atoms with van der Waals surface area (Å²) in [5.74, 6) is -0.385. The zero-order chi connectivity index (χ0) is 21.3. The summed E-state index contributed by atoms with van der Waals surface area (Å²) in [5, 5.41) is 4.63. The lowest BCUT2D eigenvalue weighted by Crippen LogP contribution is -2.23. The van der Waals surface area contributed by atoms with E-state index in [1.807, 2.05) is 0 Å². The Hall–Kier alpha value is -3.51. The highest BCUT2D eigenvalue weighted by atomic mass is 35.5. The molecule has 0 bridgehead atoms. The quantitative estimate of drug-likeness (QED) is 0.394. The van der Waals surface area contributed by atoms with Crippen molar-refractivity contribution in [3.05, 3.63) is 83.4 Å². The molecule has 0 radical (unpaired) electrons. The van der Waals surface area contributed by atoms with Gasteiger partial charge in [0, 0.05) is 24.9 Å². The van der Waals surface area contributed by atoms with Gasteiger partial charge in [-0.3, -0.25) is 9.78 Å². The van der Waals surface area contributed by atoms with Gasteiger partial charge in [0.1, 0.15) is 11.5 Å². The number of carbonyl (C=O) groups excluding carboxylic acids is 1. The van der Waals surface area contributed by atoms with Crippen molar-refractivity contribution in [2.75, 3.05) is 4.90 Å². The average molecular weight is 422 g/mol. The molecule has 0 fully saturated rings. The Morgan fingerprint density at radius 1 is 1.07 bits per heavy atom. The molecule has 5 nitrogen and oxygen atoms in total. The van der Waals surface area contributed by atoms with E-state index in [1.165, 1.54) is 17.9 Å². The van der Waals surface area contributed by atoms with Crippen LogP contribution in [0.4, 0.5) is 16.0 Å². The highest BCUT2D eigenvalue weighted by Crippen LogP contribution is 2.43. The van der Waals surface area contributed by atoms with Crippen LogP contribution >= 0.6 is 11.6 Å². The van der Waals surface area contributed by atoms with Crippen LogP contribution in [0.15, 0.2) is 71.5 Å². The van der Waals surface area contributed by atoms with Crippen molar-refractivity contribution in [1.29, 1.82) is 0 Å². The summed E-state index contributed by atoms with van der Waals surface area (Å²) >= 11 is 6.37. The molecule has 30 heavy (non-hydrogen) atoms. The van der Waals surface area contributed by atoms with Gasteiger partial charge in [0.2, 0.25) is 11.8 Å². The highest BCUT2D eigenvalue weighted by molar-refractivity contribution is 6.34. The van der Waals surface area contributed by atoms with Crippen molar-refractivity contribution in [2.45, 2.75) is 13.8 Å². The van der Waals surface area contributed by atoms with Crippen LogP contribution in [0.5, 0.6) is 0 Å². The monoisotopic (exact) mass is 421 g/mol. The zero-order valence-corrected chi connectivity index (χ0v) is 17.0. The Labute approximate surface area is 177 Å². The first kappa shape index (κ1) is 19.8. The molecule has 1 amide bonds. The van der Waals surface area contributed by atoms with Crippen LogP contribution in [-0.2, 0) is 4.79 Å². The number of pyridine rings is 1. The van der Waals surface area contributed by atoms with E-state index in [4.69, 9.17) is 16.1 Å². The minimum absolute atomic E-state index is 0.221. The molecule has 0 spiro atoms. The topological polar surface area (TPSA) is 59.2 Å². The lowest BCUT2D eigenvalue weighted by molar-refractivity contribution is -0.116. The van der Waals surface area contributed by atoms with Crippen molar-refractivity contribution in [3.8, 4) is 22.4 Å². The number of carbonyl (C=O) groups is 1. The molecule has 2 aromatic heterocycles. The van der Waals surface area contributed by atoms with Crippen LogP contribution in [0.1, 0.15) is 12.5 Å². The van der Waals surface area contributed by atoms with Gasteiger partial charge in [0.25, 0.3) is 0 Å². The van der Waals surface area contributed by atoms with Crippen molar-refractivity contribution < 1.29 is 13.7 Å². The Morgan fingerprint density at radius 3 is 2.47 bits per heavy atom. The van der Waals surface area contributed by atoms with Crippen LogP contribution in [-0.4, -0.2) is 16.0 Å². The van der Waals surface area contributed by atoms with Crippen molar-refractivity contribution in [2.24, 2.45) is 0 Å². The number of anilines is 2. The molecule has 0 aliphatic carbocycles. The number of rotatable bonds is 4. The molecule has 0 saturated heterocycles. The molecule has 2 aromatic carbocycles. The zero-order valence-electron chi connectivity index (χ0n) is 16.3. The summed E-state index contributed by atoms with van der Waals surface area (Å²) in [4.78, 5) is 18.1. The van der Waals surface area contributed by atoms with Gasteiger partial charge < -0.3 is 4.52 Å². The maximum Gasteiger partial charge on any atom is 0.247 e. The minimum Gasteiger partial charge on any atom is -0.337 e. The molecule has 0 aliphatic rings. The van der Waals surface area contributed by atoms with Crippen LogP contribution in [0, 0.1) is 12.7 Å². The maximum absolute atomic E-state index is 13.8. The van der Waals surface area contributed by atoms with Crippen molar-refractivity contribution >= 4 is 29.1 Å². The standard InChI is InChI=1S/C23H17ClFN3O2/c1-14-13-17(7-8-19(14)25)22-21(16-9-11-26-12-10-16)23(30-27-22)28(15(2)29)20-6-4-3-5-18(20)24/h3-13H,1-2H3. The second kappa shape index (κ2) is 8.08. The molecular formula is C23H17ClFN3O2. The fourth-order valence-corrected chi connectivity index (χ4v) is 3.48. The van der Waals surface area contributed by atoms with E-state index in [0.717, 1.165) is 5.56 Å². The van der Waals surface area contributed by atoms with Crippen molar-refractivity contribution in [1.82, 2.24) is 10.1 Å². The largest absolute Gasteiger partial charge is 0.337 e. The third-order valence-corrected chi connectivity index (χ3v) is 5.01. The van der Waals surface area contributed by atoms with Gasteiger partial charge in [-0.15, -0.1) is 0 Å². The summed E-state index contributed by atoms with van der Waals surface area (Å²) in [6.45, 7) is 3.10. The van der Waals surface area contributed by atoms with Gasteiger partial charge in [-0.1, -0.05) is 28.9 Å². The number of aromatic nitrogens is 2. The lowest BCUT2D eigenvalue weighted by atomic mass is 10.00. The van der Waals surface area contributed by atoms with Gasteiger partial charge in [0.15, 0.2) is 0 Å². The summed E-state index contributed by atoms with van der Waals surface area (Å²) in [6, 6.07) is 15.3. The molecule has 2 heterocycles. The first-order chi connectivity index (χ1) is 14.5. The van der Waals surface area contributed by atoms with E-state index >= 15 is 0 Å². The van der Waals surface area contributed by atoms with Crippen LogP contribution in [0.3, 0.4) is 0 Å². The first-order valence-corrected chi connectivity index (χ1v) is 9.57. The normalized spacial score (nSPS) is 10.8. The average Bonchev–Trinajstić information content (AvgIpc) is 3.16. The van der Waals surface area contributed by atoms with Crippen LogP contribution in [0.25, 0.3) is 22.4 Å². The van der Waals surface area contributed by atoms with E-state index < -0.39 is 0 Å². The number of nitrogens with zero attached hydrogens (tertiary/aromatic N) is 3. The molecule has 0 N–H and O–H groups in total. The molecule has 0 atom stereocenters. The third kappa shape index (κ3) is 3.57. The van der Waals surface area contributed by atoms with Crippen LogP contribution < -0.4 is 4.90 Å². The minimum atomic E-state index is -0.311. The summed E-state index contributed by atoms with van der Waals surface area (Å²) in [7, 11) is 0. The van der Waals surface area contributed by atoms with E-state index in [-0.39, 0.29) is 17.6 Å². The van der Waals surface area contributed by atoms with Gasteiger partial charge in [-0.25, -0.2) is 9.29 Å². The number of benzene rings is 2. The van der Waals surface area contributed by atoms with E-state index in [1.54, 1.807) is 67.8 Å². The maximum atomic E-state index is 13.8. The van der Waals surface area contributed by atoms with Gasteiger partial charge in [-0.05, 0) is 60.5 Å². The Bertz CT molecular complexity index is 1220. The first-order valence-electron chi connectivity index (χ1n) is 9.19. The van der Waals surface area contributed by atoms with E-state index in [0.29, 0.717) is 33.1 Å². The summed E-state index contributed by atoms with van der Waals surface area (Å²) in [5.41, 5.74) is 3.43. The van der Waals surface area contributed by atoms with Gasteiger partial charge >= 0.3 is 0 Å². The lowest BCUT2D eigenvalue weighted by Gasteiger charge is -2.20. The third-order valence-electron chi connectivity index (χ3n) is 4.69. The summed E-state index contributed by atoms with van der Waals surface area (Å²) < 4.78 is 19.5. The fraction of sp³-hybridized carbons (Fsp3) is 0.0870. The van der Waals surface area contributed by atoms with Gasteiger partial charge in [-0.2, -0.15) is 0 Å². The molecule has 0 saturated carbocycles. The predicted molar refractivity (Wildman–Crippen MR) is 114 cm³/mol. The molecule has 7 heteroatoms. The molecule has 0 aliphatic heterocycles. The number of para-hydroxylation sites is 1. The Balaban J connectivity index is 1.98. The second-order valence-corrected chi connectivity index (χ2v) is 7.12. The summed E-state index contributed by atoms with van der Waals surface area (Å²) in [6.07, 6.45) is 3.28. The number of hydrogen-bond acceptors (Lipinski definition) is 4. The number of aryl methyl sites for hydroxylation is 1. The molecule has 150 valence electrons. The molecule has 0 unspecified atom stereocenters. The molecular weight excluding hydrogens is 405 g/mol. The fourth-order valence-electron chi connectivity index (χ4n) is 3.26. The van der Waals surface area contributed by atoms with Gasteiger partial charge in [0.05, 0.1) is 16.3 Å². The Morgan fingerprint density at radius 2 is 1.80 bits per heavy atom. The number of halogens is 2. The van der Waals surface area contributed by atoms with E-state index in [9.17, 15) is 9.18 Å². The highest BCUT2D eigenvalue weighted by Gasteiger charge is 2.28. The molecule has 4 aromatic rings. The number of amides is 1. The van der Waals surface area contributed by atoms with Crippen LogP contribution in [0.2, 0.25) is 5.02 Å². The molecule has 4 rings (SSSR count).